The van der Waals surface area contributed by atoms with Gasteiger partial charge in [0, 0.05) is 46.5 Å². The van der Waals surface area contributed by atoms with E-state index in [1.165, 1.54) is 8.61 Å². The van der Waals surface area contributed by atoms with Crippen molar-refractivity contribution in [2.45, 2.75) is 32.6 Å². The fourth-order valence-electron chi connectivity index (χ4n) is 2.75. The van der Waals surface area contributed by atoms with Crippen LogP contribution in [0.5, 0.6) is 0 Å². The molecular formula is C16H27N3O3S. The molecule has 1 aliphatic rings. The van der Waals surface area contributed by atoms with E-state index in [-0.39, 0.29) is 12.2 Å². The van der Waals surface area contributed by atoms with Gasteiger partial charge in [0.25, 0.3) is 10.2 Å². The molecule has 1 aliphatic heterocycles. The molecular weight excluding hydrogens is 314 g/mol. The van der Waals surface area contributed by atoms with Gasteiger partial charge < -0.3 is 9.64 Å². The number of benzene rings is 1. The number of nitrogens with zero attached hydrogens (tertiary/aromatic N) is 3. The fraction of sp³-hybridized carbons (Fsp3) is 0.625. The van der Waals surface area contributed by atoms with Crippen LogP contribution in [0.25, 0.3) is 0 Å². The molecule has 0 amide bonds. The Morgan fingerprint density at radius 2 is 1.61 bits per heavy atom. The second kappa shape index (κ2) is 7.17. The lowest BCUT2D eigenvalue weighted by Gasteiger charge is -2.36. The summed E-state index contributed by atoms with van der Waals surface area (Å²) in [5, 5.41) is 0. The zero-order valence-corrected chi connectivity index (χ0v) is 15.4. The monoisotopic (exact) mass is 341 g/mol. The maximum atomic E-state index is 12.7. The molecule has 2 rings (SSSR count). The van der Waals surface area contributed by atoms with Crippen LogP contribution >= 0.6 is 0 Å². The lowest BCUT2D eigenvalue weighted by atomic mass is 10.2. The molecule has 1 saturated heterocycles. The fourth-order valence-corrected chi connectivity index (χ4v) is 4.26. The van der Waals surface area contributed by atoms with Crippen LogP contribution in [0.15, 0.2) is 24.3 Å². The van der Waals surface area contributed by atoms with Gasteiger partial charge in [0.05, 0.1) is 12.2 Å². The van der Waals surface area contributed by atoms with E-state index in [0.717, 1.165) is 11.3 Å². The Bertz CT molecular complexity index is 606. The van der Waals surface area contributed by atoms with Crippen molar-refractivity contribution in [1.82, 2.24) is 8.61 Å². The minimum Gasteiger partial charge on any atom is -0.378 e. The van der Waals surface area contributed by atoms with Gasteiger partial charge in [-0.2, -0.15) is 17.0 Å². The van der Waals surface area contributed by atoms with Crippen molar-refractivity contribution < 1.29 is 13.2 Å². The standard InChI is InChI=1S/C16H27N3O3S/c1-13-10-19(11-14(2)22-13)23(20,21)18(5)12-15-6-8-16(9-7-15)17(3)4/h6-9,13-14H,10-12H2,1-5H3/t13-,14-/m0/s1. The SMILES string of the molecule is C[C@H]1CN(S(=O)(=O)N(C)Cc2ccc(N(C)C)cc2)C[C@H](C)O1. The minimum absolute atomic E-state index is 0.0821. The van der Waals surface area contributed by atoms with Crippen LogP contribution < -0.4 is 4.90 Å². The number of morpholine rings is 1. The second-order valence-electron chi connectivity index (χ2n) is 6.40. The highest BCUT2D eigenvalue weighted by atomic mass is 32.2. The summed E-state index contributed by atoms with van der Waals surface area (Å²) in [6, 6.07) is 7.92. The molecule has 0 aliphatic carbocycles. The summed E-state index contributed by atoms with van der Waals surface area (Å²) in [5.41, 5.74) is 2.06. The smallest absolute Gasteiger partial charge is 0.282 e. The molecule has 0 unspecified atom stereocenters. The van der Waals surface area contributed by atoms with E-state index in [2.05, 4.69) is 0 Å². The molecule has 130 valence electrons. The molecule has 7 heteroatoms. The Kier molecular flexibility index (Phi) is 5.67. The molecule has 0 saturated carbocycles. The van der Waals surface area contributed by atoms with Crippen molar-refractivity contribution in [3.05, 3.63) is 29.8 Å². The molecule has 23 heavy (non-hydrogen) atoms. The predicted octanol–water partition coefficient (Wildman–Crippen LogP) is 1.54. The van der Waals surface area contributed by atoms with Crippen LogP contribution in [0.2, 0.25) is 0 Å². The van der Waals surface area contributed by atoms with Gasteiger partial charge in [-0.05, 0) is 31.5 Å². The summed E-state index contributed by atoms with van der Waals surface area (Å²) in [7, 11) is 2.11. The van der Waals surface area contributed by atoms with E-state index < -0.39 is 10.2 Å². The molecule has 2 atom stereocenters. The Hall–Kier alpha value is -1.15. The summed E-state index contributed by atoms with van der Waals surface area (Å²) in [5.74, 6) is 0. The minimum atomic E-state index is -3.48. The van der Waals surface area contributed by atoms with Gasteiger partial charge >= 0.3 is 0 Å². The van der Waals surface area contributed by atoms with Crippen LogP contribution in [0.3, 0.4) is 0 Å². The van der Waals surface area contributed by atoms with Gasteiger partial charge in [-0.1, -0.05) is 12.1 Å². The first kappa shape index (κ1) is 18.2. The van der Waals surface area contributed by atoms with Gasteiger partial charge in [0.2, 0.25) is 0 Å². The van der Waals surface area contributed by atoms with E-state index in [1.54, 1.807) is 7.05 Å². The zero-order chi connectivity index (χ0) is 17.2. The lowest BCUT2D eigenvalue weighted by molar-refractivity contribution is -0.0453. The van der Waals surface area contributed by atoms with Crippen LogP contribution in [-0.4, -0.2) is 63.5 Å². The Morgan fingerprint density at radius 3 is 2.09 bits per heavy atom. The molecule has 1 aromatic carbocycles. The Balaban J connectivity index is 2.07. The highest BCUT2D eigenvalue weighted by Crippen LogP contribution is 2.19. The molecule has 0 bridgehead atoms. The summed E-state index contributed by atoms with van der Waals surface area (Å²) in [4.78, 5) is 2.01. The number of hydrogen-bond acceptors (Lipinski definition) is 4. The number of hydrogen-bond donors (Lipinski definition) is 0. The number of rotatable bonds is 5. The molecule has 6 nitrogen and oxygen atoms in total. The van der Waals surface area contributed by atoms with Crippen molar-refractivity contribution in [2.75, 3.05) is 39.1 Å². The normalized spacial score (nSPS) is 23.2. The molecule has 1 aromatic rings. The van der Waals surface area contributed by atoms with Crippen molar-refractivity contribution in [1.29, 1.82) is 0 Å². The summed E-state index contributed by atoms with van der Waals surface area (Å²) >= 11 is 0. The maximum absolute atomic E-state index is 12.7. The number of anilines is 1. The molecule has 1 fully saturated rings. The van der Waals surface area contributed by atoms with Crippen LogP contribution in [0, 0.1) is 0 Å². The average molecular weight is 341 g/mol. The van der Waals surface area contributed by atoms with Gasteiger partial charge in [0.15, 0.2) is 0 Å². The first-order chi connectivity index (χ1) is 10.7. The largest absolute Gasteiger partial charge is 0.378 e. The summed E-state index contributed by atoms with van der Waals surface area (Å²) in [6.07, 6.45) is -0.164. The van der Waals surface area contributed by atoms with E-state index in [1.807, 2.05) is 57.1 Å². The first-order valence-corrected chi connectivity index (χ1v) is 9.23. The first-order valence-electron chi connectivity index (χ1n) is 7.83. The van der Waals surface area contributed by atoms with Gasteiger partial charge in [-0.3, -0.25) is 0 Å². The van der Waals surface area contributed by atoms with Crippen LogP contribution in [0.4, 0.5) is 5.69 Å². The second-order valence-corrected chi connectivity index (χ2v) is 8.43. The van der Waals surface area contributed by atoms with E-state index >= 15 is 0 Å². The Morgan fingerprint density at radius 1 is 1.09 bits per heavy atom. The Labute approximate surface area is 139 Å². The number of ether oxygens (including phenoxy) is 1. The quantitative estimate of drug-likeness (QED) is 0.815. The van der Waals surface area contributed by atoms with Gasteiger partial charge in [0.1, 0.15) is 0 Å². The van der Waals surface area contributed by atoms with E-state index in [0.29, 0.717) is 19.6 Å². The van der Waals surface area contributed by atoms with Crippen molar-refractivity contribution in [2.24, 2.45) is 0 Å². The third-order valence-electron chi connectivity index (χ3n) is 3.96. The lowest BCUT2D eigenvalue weighted by Crippen LogP contribution is -2.52. The molecule has 0 spiro atoms. The highest BCUT2D eigenvalue weighted by Gasteiger charge is 2.33. The van der Waals surface area contributed by atoms with Crippen molar-refractivity contribution in [3.8, 4) is 0 Å². The average Bonchev–Trinajstić information content (AvgIpc) is 2.46. The van der Waals surface area contributed by atoms with Crippen molar-refractivity contribution >= 4 is 15.9 Å². The third-order valence-corrected chi connectivity index (χ3v) is 5.83. The third kappa shape index (κ3) is 4.44. The summed E-state index contributed by atoms with van der Waals surface area (Å²) < 4.78 is 34.0. The molecule has 1 heterocycles. The van der Waals surface area contributed by atoms with Crippen LogP contribution in [-0.2, 0) is 21.5 Å². The topological polar surface area (TPSA) is 53.1 Å². The molecule has 0 aromatic heterocycles. The molecule has 0 N–H and O–H groups in total. The predicted molar refractivity (Wildman–Crippen MR) is 92.7 cm³/mol. The molecule has 0 radical (unpaired) electrons. The van der Waals surface area contributed by atoms with Crippen molar-refractivity contribution in [3.63, 3.8) is 0 Å². The van der Waals surface area contributed by atoms with Gasteiger partial charge in [-0.25, -0.2) is 0 Å². The van der Waals surface area contributed by atoms with E-state index in [4.69, 9.17) is 4.74 Å². The maximum Gasteiger partial charge on any atom is 0.282 e. The highest BCUT2D eigenvalue weighted by molar-refractivity contribution is 7.86. The van der Waals surface area contributed by atoms with E-state index in [9.17, 15) is 8.42 Å². The summed E-state index contributed by atoms with van der Waals surface area (Å²) in [6.45, 7) is 4.96. The van der Waals surface area contributed by atoms with Crippen LogP contribution in [0.1, 0.15) is 19.4 Å². The zero-order valence-electron chi connectivity index (χ0n) is 14.6. The van der Waals surface area contributed by atoms with Gasteiger partial charge in [-0.15, -0.1) is 0 Å².